The maximum Gasteiger partial charge on any atom is 0.232 e. The third-order valence-corrected chi connectivity index (χ3v) is 5.00. The minimum atomic E-state index is -3.28. The lowest BCUT2D eigenvalue weighted by Crippen LogP contribution is -2.27. The number of hydrogen-bond acceptors (Lipinski definition) is 4. The largest absolute Gasteiger partial charge is 0.326 e. The molecule has 3 N–H and O–H groups in total. The van der Waals surface area contributed by atoms with Crippen molar-refractivity contribution in [1.29, 1.82) is 0 Å². The molecule has 23 heavy (non-hydrogen) atoms. The summed E-state index contributed by atoms with van der Waals surface area (Å²) >= 11 is 0. The fourth-order valence-electron chi connectivity index (χ4n) is 2.49. The van der Waals surface area contributed by atoms with Gasteiger partial charge in [0.05, 0.1) is 5.75 Å². The second-order valence-electron chi connectivity index (χ2n) is 5.54. The molecule has 1 aromatic rings. The van der Waals surface area contributed by atoms with Crippen LogP contribution in [0.25, 0.3) is 0 Å². The van der Waals surface area contributed by atoms with E-state index in [1.807, 2.05) is 6.92 Å². The van der Waals surface area contributed by atoms with E-state index in [0.29, 0.717) is 24.2 Å². The molecular weight excluding hydrogens is 338 g/mol. The Labute approximate surface area is 143 Å². The number of hydrogen-bond donors (Lipinski definition) is 3. The first-order valence-corrected chi connectivity index (χ1v) is 9.27. The van der Waals surface area contributed by atoms with Crippen LogP contribution < -0.4 is 15.4 Å². The van der Waals surface area contributed by atoms with Crippen molar-refractivity contribution < 1.29 is 13.2 Å². The smallest absolute Gasteiger partial charge is 0.232 e. The zero-order valence-electron chi connectivity index (χ0n) is 13.2. The first kappa shape index (κ1) is 19.7. The molecule has 1 aromatic carbocycles. The number of amides is 1. The monoisotopic (exact) mass is 361 g/mol. The van der Waals surface area contributed by atoms with Gasteiger partial charge in [-0.05, 0) is 50.1 Å². The third kappa shape index (κ3) is 6.76. The molecule has 1 unspecified atom stereocenters. The van der Waals surface area contributed by atoms with Crippen LogP contribution >= 0.6 is 12.4 Å². The number of benzene rings is 1. The van der Waals surface area contributed by atoms with Crippen LogP contribution in [-0.4, -0.2) is 32.7 Å². The summed E-state index contributed by atoms with van der Waals surface area (Å²) in [4.78, 5) is 11.9. The normalized spacial score (nSPS) is 17.3. The van der Waals surface area contributed by atoms with E-state index in [2.05, 4.69) is 15.4 Å². The van der Waals surface area contributed by atoms with Gasteiger partial charge in [-0.2, -0.15) is 0 Å². The van der Waals surface area contributed by atoms with Gasteiger partial charge in [0, 0.05) is 23.8 Å². The average Bonchev–Trinajstić information content (AvgIpc) is 2.93. The van der Waals surface area contributed by atoms with Gasteiger partial charge in [-0.1, -0.05) is 6.92 Å². The Kier molecular flexibility index (Phi) is 7.81. The van der Waals surface area contributed by atoms with Crippen molar-refractivity contribution in [2.75, 3.05) is 22.3 Å². The number of rotatable bonds is 7. The highest BCUT2D eigenvalue weighted by atomic mass is 35.5. The van der Waals surface area contributed by atoms with E-state index in [-0.39, 0.29) is 30.1 Å². The summed E-state index contributed by atoms with van der Waals surface area (Å²) in [7, 11) is -3.28. The molecule has 2 rings (SSSR count). The Morgan fingerprint density at radius 1 is 1.26 bits per heavy atom. The fourth-order valence-corrected chi connectivity index (χ4v) is 3.62. The molecule has 6 nitrogen and oxygen atoms in total. The number of nitrogens with one attached hydrogen (secondary N) is 3. The number of sulfonamides is 1. The predicted octanol–water partition coefficient (Wildman–Crippen LogP) is 2.34. The van der Waals surface area contributed by atoms with Crippen LogP contribution in [0.5, 0.6) is 0 Å². The molecule has 0 spiro atoms. The molecule has 1 aliphatic heterocycles. The van der Waals surface area contributed by atoms with Crippen LogP contribution in [0.1, 0.15) is 32.6 Å². The minimum Gasteiger partial charge on any atom is -0.326 e. The van der Waals surface area contributed by atoms with E-state index in [1.165, 1.54) is 0 Å². The molecule has 1 atom stereocenters. The van der Waals surface area contributed by atoms with Crippen LogP contribution in [-0.2, 0) is 14.8 Å². The van der Waals surface area contributed by atoms with Gasteiger partial charge in [0.2, 0.25) is 15.9 Å². The summed E-state index contributed by atoms with van der Waals surface area (Å²) in [6.07, 6.45) is 3.18. The number of halogens is 1. The van der Waals surface area contributed by atoms with Crippen LogP contribution in [0, 0.1) is 0 Å². The van der Waals surface area contributed by atoms with Crippen LogP contribution in [0.2, 0.25) is 0 Å². The van der Waals surface area contributed by atoms with E-state index in [1.54, 1.807) is 24.3 Å². The quantitative estimate of drug-likeness (QED) is 0.695. The zero-order chi connectivity index (χ0) is 16.0. The maximum atomic E-state index is 11.9. The summed E-state index contributed by atoms with van der Waals surface area (Å²) in [5.41, 5.74) is 1.17. The fraction of sp³-hybridized carbons (Fsp3) is 0.533. The summed E-state index contributed by atoms with van der Waals surface area (Å²) in [6.45, 7) is 2.79. The highest BCUT2D eigenvalue weighted by Gasteiger charge is 2.17. The van der Waals surface area contributed by atoms with Gasteiger partial charge in [0.1, 0.15) is 0 Å². The van der Waals surface area contributed by atoms with Crippen molar-refractivity contribution in [2.24, 2.45) is 0 Å². The molecular formula is C15H24ClN3O3S. The van der Waals surface area contributed by atoms with Crippen molar-refractivity contribution >= 4 is 39.7 Å². The zero-order valence-corrected chi connectivity index (χ0v) is 14.8. The van der Waals surface area contributed by atoms with E-state index >= 15 is 0 Å². The minimum absolute atomic E-state index is 0. The Morgan fingerprint density at radius 2 is 1.91 bits per heavy atom. The van der Waals surface area contributed by atoms with Gasteiger partial charge < -0.3 is 10.6 Å². The van der Waals surface area contributed by atoms with Gasteiger partial charge >= 0.3 is 0 Å². The van der Waals surface area contributed by atoms with E-state index in [4.69, 9.17) is 0 Å². The van der Waals surface area contributed by atoms with Crippen molar-refractivity contribution in [3.8, 4) is 0 Å². The first-order chi connectivity index (χ1) is 10.5. The SMILES string of the molecule is CCCS(=O)(=O)Nc1ccc(NC(=O)CC2CCCN2)cc1.Cl. The van der Waals surface area contributed by atoms with Crippen LogP contribution in [0.3, 0.4) is 0 Å². The van der Waals surface area contributed by atoms with Gasteiger partial charge in [0.25, 0.3) is 0 Å². The van der Waals surface area contributed by atoms with Gasteiger partial charge in [-0.15, -0.1) is 12.4 Å². The van der Waals surface area contributed by atoms with Crippen molar-refractivity contribution in [1.82, 2.24) is 5.32 Å². The Balaban J connectivity index is 0.00000264. The molecule has 1 fully saturated rings. The molecule has 0 saturated carbocycles. The van der Waals surface area contributed by atoms with E-state index in [0.717, 1.165) is 19.4 Å². The third-order valence-electron chi connectivity index (χ3n) is 3.51. The molecule has 1 aliphatic rings. The summed E-state index contributed by atoms with van der Waals surface area (Å²) < 4.78 is 25.8. The highest BCUT2D eigenvalue weighted by molar-refractivity contribution is 7.92. The number of carbonyl (C=O) groups excluding carboxylic acids is 1. The van der Waals surface area contributed by atoms with Gasteiger partial charge in [0.15, 0.2) is 0 Å². The van der Waals surface area contributed by atoms with Gasteiger partial charge in [-0.25, -0.2) is 8.42 Å². The highest BCUT2D eigenvalue weighted by Crippen LogP contribution is 2.16. The lowest BCUT2D eigenvalue weighted by atomic mass is 10.1. The van der Waals surface area contributed by atoms with Crippen molar-refractivity contribution in [3.63, 3.8) is 0 Å². The van der Waals surface area contributed by atoms with E-state index in [9.17, 15) is 13.2 Å². The van der Waals surface area contributed by atoms with E-state index < -0.39 is 10.0 Å². The topological polar surface area (TPSA) is 87.3 Å². The average molecular weight is 362 g/mol. The maximum absolute atomic E-state index is 11.9. The summed E-state index contributed by atoms with van der Waals surface area (Å²) in [5.74, 6) is 0.0681. The lowest BCUT2D eigenvalue weighted by molar-refractivity contribution is -0.116. The van der Waals surface area contributed by atoms with Crippen molar-refractivity contribution in [2.45, 2.75) is 38.6 Å². The van der Waals surface area contributed by atoms with Crippen LogP contribution in [0.4, 0.5) is 11.4 Å². The molecule has 1 saturated heterocycles. The predicted molar refractivity (Wildman–Crippen MR) is 95.7 cm³/mol. The molecule has 0 bridgehead atoms. The molecule has 0 aromatic heterocycles. The molecule has 0 aliphatic carbocycles. The summed E-state index contributed by atoms with van der Waals surface area (Å²) in [6, 6.07) is 6.96. The molecule has 1 heterocycles. The summed E-state index contributed by atoms with van der Waals surface area (Å²) in [5, 5.41) is 6.11. The molecule has 8 heteroatoms. The Bertz CT molecular complexity index is 599. The lowest BCUT2D eigenvalue weighted by Gasteiger charge is -2.11. The van der Waals surface area contributed by atoms with Crippen molar-refractivity contribution in [3.05, 3.63) is 24.3 Å². The Hall–Kier alpha value is -1.31. The standard InChI is InChI=1S/C15H23N3O3S.ClH/c1-2-10-22(20,21)18-13-7-5-12(6-8-13)17-15(19)11-14-4-3-9-16-14;/h5-8,14,16,18H,2-4,9-11H2,1H3,(H,17,19);1H. The first-order valence-electron chi connectivity index (χ1n) is 7.62. The number of carbonyl (C=O) groups is 1. The number of anilines is 2. The molecule has 1 amide bonds. The van der Waals surface area contributed by atoms with Gasteiger partial charge in [-0.3, -0.25) is 9.52 Å². The Morgan fingerprint density at radius 3 is 2.48 bits per heavy atom. The van der Waals surface area contributed by atoms with Crippen LogP contribution in [0.15, 0.2) is 24.3 Å². The molecule has 130 valence electrons. The second-order valence-corrected chi connectivity index (χ2v) is 7.39. The second kappa shape index (κ2) is 9.10. The molecule has 0 radical (unpaired) electrons.